The van der Waals surface area contributed by atoms with E-state index in [4.69, 9.17) is 0 Å². The van der Waals surface area contributed by atoms with Gasteiger partial charge in [0.15, 0.2) is 5.78 Å². The first-order chi connectivity index (χ1) is 11.1. The molecule has 0 aliphatic rings. The predicted octanol–water partition coefficient (Wildman–Crippen LogP) is 4.39. The van der Waals surface area contributed by atoms with Gasteiger partial charge in [0.1, 0.15) is 0 Å². The van der Waals surface area contributed by atoms with Gasteiger partial charge in [0.05, 0.1) is 6.54 Å². The normalized spacial score (nSPS) is 10.9. The number of hydrogen-bond acceptors (Lipinski definition) is 2. The molecule has 0 spiro atoms. The molecule has 122 valence electrons. The van der Waals surface area contributed by atoms with Gasteiger partial charge >= 0.3 is 0 Å². The van der Waals surface area contributed by atoms with Gasteiger partial charge in [-0.3, -0.25) is 4.79 Å². The van der Waals surface area contributed by atoms with E-state index >= 15 is 0 Å². The number of unbranched alkanes of at least 4 members (excludes halogenated alkanes) is 2. The van der Waals surface area contributed by atoms with Gasteiger partial charge in [-0.25, -0.2) is 0 Å². The molecule has 2 aromatic rings. The van der Waals surface area contributed by atoms with Crippen LogP contribution >= 0.6 is 0 Å². The lowest BCUT2D eigenvalue weighted by molar-refractivity contribution is 0.0958. The zero-order valence-electron chi connectivity index (χ0n) is 14.3. The number of aryl methyl sites for hydroxylation is 2. The van der Waals surface area contributed by atoms with Crippen LogP contribution in [0.2, 0.25) is 0 Å². The molecule has 2 nitrogen and oxygen atoms in total. The first kappa shape index (κ1) is 17.4. The van der Waals surface area contributed by atoms with Crippen molar-refractivity contribution in [1.82, 2.24) is 4.90 Å². The van der Waals surface area contributed by atoms with E-state index in [1.807, 2.05) is 31.1 Å². The van der Waals surface area contributed by atoms with Crippen LogP contribution in [0.1, 0.15) is 40.7 Å². The molecule has 0 unspecified atom stereocenters. The third kappa shape index (κ3) is 6.37. The minimum atomic E-state index is 0.185. The molecule has 0 saturated carbocycles. The molecule has 0 aliphatic carbocycles. The maximum absolute atomic E-state index is 12.0. The summed E-state index contributed by atoms with van der Waals surface area (Å²) >= 11 is 0. The third-order valence-electron chi connectivity index (χ3n) is 4.01. The van der Waals surface area contributed by atoms with Crippen molar-refractivity contribution >= 4 is 5.78 Å². The Morgan fingerprint density at radius 2 is 1.35 bits per heavy atom. The van der Waals surface area contributed by atoms with E-state index < -0.39 is 0 Å². The van der Waals surface area contributed by atoms with Gasteiger partial charge in [-0.2, -0.15) is 0 Å². The number of Topliss-reactive ketones (excluding diaryl/α,β-unsaturated/α-hetero) is 1. The largest absolute Gasteiger partial charge is 0.302 e. The van der Waals surface area contributed by atoms with Crippen LogP contribution in [0.15, 0.2) is 54.6 Å². The molecule has 0 aromatic heterocycles. The Morgan fingerprint density at radius 1 is 0.783 bits per heavy atom. The number of rotatable bonds is 9. The second-order valence-corrected chi connectivity index (χ2v) is 6.40. The minimum absolute atomic E-state index is 0.185. The van der Waals surface area contributed by atoms with E-state index in [0.29, 0.717) is 6.54 Å². The van der Waals surface area contributed by atoms with Crippen LogP contribution in [0.25, 0.3) is 0 Å². The molecular weight excluding hydrogens is 282 g/mol. The summed E-state index contributed by atoms with van der Waals surface area (Å²) in [4.78, 5) is 13.9. The molecule has 0 aliphatic heterocycles. The van der Waals surface area contributed by atoms with Gasteiger partial charge in [0.25, 0.3) is 0 Å². The Balaban J connectivity index is 1.69. The van der Waals surface area contributed by atoms with Crippen molar-refractivity contribution in [3.63, 3.8) is 0 Å². The molecule has 23 heavy (non-hydrogen) atoms. The Labute approximate surface area is 140 Å². The van der Waals surface area contributed by atoms with Gasteiger partial charge in [0.2, 0.25) is 0 Å². The summed E-state index contributed by atoms with van der Waals surface area (Å²) in [5, 5.41) is 0. The fourth-order valence-corrected chi connectivity index (χ4v) is 2.72. The lowest BCUT2D eigenvalue weighted by atomic mass is 10.0. The van der Waals surface area contributed by atoms with Crippen LogP contribution in [0, 0.1) is 0 Å². The number of carbonyl (C=O) groups is 1. The van der Waals surface area contributed by atoms with Crippen LogP contribution in [0.5, 0.6) is 0 Å². The Morgan fingerprint density at radius 3 is 1.91 bits per heavy atom. The average molecular weight is 309 g/mol. The van der Waals surface area contributed by atoms with Crippen LogP contribution in [-0.2, 0) is 12.8 Å². The number of hydrogen-bond donors (Lipinski definition) is 0. The summed E-state index contributed by atoms with van der Waals surface area (Å²) in [7, 11) is 3.84. The Hall–Kier alpha value is -1.93. The van der Waals surface area contributed by atoms with Gasteiger partial charge in [-0.05, 0) is 50.9 Å². The van der Waals surface area contributed by atoms with Crippen LogP contribution in [0.3, 0.4) is 0 Å². The summed E-state index contributed by atoms with van der Waals surface area (Å²) in [6, 6.07) is 18.8. The quantitative estimate of drug-likeness (QED) is 0.506. The molecule has 0 bridgehead atoms. The van der Waals surface area contributed by atoms with Crippen LogP contribution in [0.4, 0.5) is 0 Å². The van der Waals surface area contributed by atoms with Crippen molar-refractivity contribution in [2.75, 3.05) is 20.6 Å². The van der Waals surface area contributed by atoms with Gasteiger partial charge in [-0.1, -0.05) is 61.0 Å². The highest BCUT2D eigenvalue weighted by atomic mass is 16.1. The molecule has 0 N–H and O–H groups in total. The fourth-order valence-electron chi connectivity index (χ4n) is 2.72. The SMILES string of the molecule is CN(C)CC(=O)c1ccc(CCCCCc2ccccc2)cc1. The highest BCUT2D eigenvalue weighted by Crippen LogP contribution is 2.11. The Kier molecular flexibility index (Phi) is 7.02. The summed E-state index contributed by atoms with van der Waals surface area (Å²) in [6.45, 7) is 0.471. The molecule has 2 heteroatoms. The maximum Gasteiger partial charge on any atom is 0.176 e. The van der Waals surface area contributed by atoms with Gasteiger partial charge < -0.3 is 4.90 Å². The van der Waals surface area contributed by atoms with E-state index in [-0.39, 0.29) is 5.78 Å². The van der Waals surface area contributed by atoms with E-state index in [2.05, 4.69) is 42.5 Å². The number of ketones is 1. The molecule has 0 radical (unpaired) electrons. The first-order valence-electron chi connectivity index (χ1n) is 8.46. The molecular formula is C21H27NO. The first-order valence-corrected chi connectivity index (χ1v) is 8.46. The molecule has 0 amide bonds. The summed E-state index contributed by atoms with van der Waals surface area (Å²) in [5.74, 6) is 0.185. The van der Waals surface area contributed by atoms with Crippen molar-refractivity contribution in [3.8, 4) is 0 Å². The maximum atomic E-state index is 12.0. The Bertz CT molecular complexity index is 587. The number of benzene rings is 2. The summed E-state index contributed by atoms with van der Waals surface area (Å²) in [6.07, 6.45) is 5.95. The lowest BCUT2D eigenvalue weighted by Crippen LogP contribution is -2.21. The summed E-state index contributed by atoms with van der Waals surface area (Å²) in [5.41, 5.74) is 3.56. The predicted molar refractivity (Wildman–Crippen MR) is 97.0 cm³/mol. The molecule has 0 heterocycles. The molecule has 0 atom stereocenters. The minimum Gasteiger partial charge on any atom is -0.302 e. The van der Waals surface area contributed by atoms with E-state index in [0.717, 1.165) is 12.0 Å². The third-order valence-corrected chi connectivity index (χ3v) is 4.01. The zero-order valence-corrected chi connectivity index (χ0v) is 14.3. The molecule has 2 rings (SSSR count). The number of nitrogens with zero attached hydrogens (tertiary/aromatic N) is 1. The molecule has 2 aromatic carbocycles. The van der Waals surface area contributed by atoms with Crippen LogP contribution in [-0.4, -0.2) is 31.3 Å². The topological polar surface area (TPSA) is 20.3 Å². The van der Waals surface area contributed by atoms with Crippen LogP contribution < -0.4 is 0 Å². The van der Waals surface area contributed by atoms with Crippen molar-refractivity contribution in [2.24, 2.45) is 0 Å². The highest BCUT2D eigenvalue weighted by molar-refractivity contribution is 5.97. The van der Waals surface area contributed by atoms with Crippen molar-refractivity contribution in [2.45, 2.75) is 32.1 Å². The second kappa shape index (κ2) is 9.26. The molecule has 0 saturated heterocycles. The average Bonchev–Trinajstić information content (AvgIpc) is 2.55. The second-order valence-electron chi connectivity index (χ2n) is 6.40. The van der Waals surface area contributed by atoms with Crippen molar-refractivity contribution in [3.05, 3.63) is 71.3 Å². The van der Waals surface area contributed by atoms with E-state index in [1.165, 1.54) is 36.8 Å². The van der Waals surface area contributed by atoms with Crippen molar-refractivity contribution in [1.29, 1.82) is 0 Å². The highest BCUT2D eigenvalue weighted by Gasteiger charge is 2.06. The number of likely N-dealkylation sites (N-methyl/N-ethyl adjacent to an activating group) is 1. The standard InChI is InChI=1S/C21H27NO/c1-22(2)17-21(23)20-15-13-19(14-16-20)12-8-4-7-11-18-9-5-3-6-10-18/h3,5-6,9-10,13-16H,4,7-8,11-12,17H2,1-2H3. The van der Waals surface area contributed by atoms with Crippen molar-refractivity contribution < 1.29 is 4.79 Å². The fraction of sp³-hybridized carbons (Fsp3) is 0.381. The van der Waals surface area contributed by atoms with Gasteiger partial charge in [-0.15, -0.1) is 0 Å². The lowest BCUT2D eigenvalue weighted by Gasteiger charge is -2.09. The molecule has 0 fully saturated rings. The number of carbonyl (C=O) groups excluding carboxylic acids is 1. The smallest absolute Gasteiger partial charge is 0.176 e. The monoisotopic (exact) mass is 309 g/mol. The van der Waals surface area contributed by atoms with E-state index in [1.54, 1.807) is 0 Å². The van der Waals surface area contributed by atoms with E-state index in [9.17, 15) is 4.79 Å². The zero-order chi connectivity index (χ0) is 16.5. The van der Waals surface area contributed by atoms with Gasteiger partial charge in [0, 0.05) is 5.56 Å². The summed E-state index contributed by atoms with van der Waals surface area (Å²) < 4.78 is 0.